The summed E-state index contributed by atoms with van der Waals surface area (Å²) < 4.78 is 26.9. The van der Waals surface area contributed by atoms with E-state index < -0.39 is 11.6 Å². The van der Waals surface area contributed by atoms with Crippen molar-refractivity contribution in [3.05, 3.63) is 58.3 Å². The minimum absolute atomic E-state index is 0.123. The van der Waals surface area contributed by atoms with Crippen molar-refractivity contribution in [3.8, 4) is 0 Å². The minimum atomic E-state index is -0.486. The fourth-order valence-corrected chi connectivity index (χ4v) is 1.86. The van der Waals surface area contributed by atoms with Crippen molar-refractivity contribution in [2.75, 3.05) is 11.9 Å². The Hall–Kier alpha value is -1.49. The second-order valence-electron chi connectivity index (χ2n) is 3.78. The molecule has 94 valence electrons. The molecule has 0 saturated heterocycles. The van der Waals surface area contributed by atoms with Crippen LogP contribution in [0.4, 0.5) is 14.5 Å². The van der Waals surface area contributed by atoms with Gasteiger partial charge in [0, 0.05) is 25.0 Å². The predicted octanol–water partition coefficient (Wildman–Crippen LogP) is 3.78. The molecule has 2 aromatic rings. The maximum atomic E-state index is 13.5. The van der Waals surface area contributed by atoms with Crippen LogP contribution >= 0.6 is 15.9 Å². The first-order valence-electron chi connectivity index (χ1n) is 5.44. The van der Waals surface area contributed by atoms with Gasteiger partial charge < -0.3 is 5.32 Å². The Morgan fingerprint density at radius 1 is 1.22 bits per heavy atom. The van der Waals surface area contributed by atoms with Crippen LogP contribution in [0, 0.1) is 11.6 Å². The van der Waals surface area contributed by atoms with Crippen molar-refractivity contribution >= 4 is 21.6 Å². The number of benzene rings is 1. The van der Waals surface area contributed by atoms with Gasteiger partial charge in [-0.05, 0) is 40.0 Å². The second-order valence-corrected chi connectivity index (χ2v) is 4.64. The van der Waals surface area contributed by atoms with Crippen molar-refractivity contribution < 1.29 is 8.78 Å². The third-order valence-corrected chi connectivity index (χ3v) is 3.07. The van der Waals surface area contributed by atoms with Crippen LogP contribution in [-0.2, 0) is 6.42 Å². The Kier molecular flexibility index (Phi) is 4.25. The fourth-order valence-electron chi connectivity index (χ4n) is 1.55. The smallest absolute Gasteiger partial charge is 0.147 e. The first kappa shape index (κ1) is 13.0. The van der Waals surface area contributed by atoms with Gasteiger partial charge in [-0.3, -0.25) is 4.98 Å². The van der Waals surface area contributed by atoms with Crippen LogP contribution in [-0.4, -0.2) is 11.5 Å². The van der Waals surface area contributed by atoms with Crippen molar-refractivity contribution in [2.45, 2.75) is 6.42 Å². The SMILES string of the molecule is Fc1cc(NCCc2cccnc2)c(F)cc1Br. The molecule has 2 rings (SSSR count). The molecule has 0 aliphatic rings. The van der Waals surface area contributed by atoms with Crippen LogP contribution in [0.2, 0.25) is 0 Å². The summed E-state index contributed by atoms with van der Waals surface area (Å²) in [7, 11) is 0. The molecule has 5 heteroatoms. The zero-order valence-electron chi connectivity index (χ0n) is 9.46. The van der Waals surface area contributed by atoms with E-state index in [2.05, 4.69) is 26.2 Å². The summed E-state index contributed by atoms with van der Waals surface area (Å²) in [4.78, 5) is 3.99. The lowest BCUT2D eigenvalue weighted by molar-refractivity contribution is 0.596. The molecule has 0 bridgehead atoms. The summed E-state index contributed by atoms with van der Waals surface area (Å²) >= 11 is 2.93. The fraction of sp³-hybridized carbons (Fsp3) is 0.154. The molecule has 0 radical (unpaired) electrons. The van der Waals surface area contributed by atoms with Crippen molar-refractivity contribution in [2.24, 2.45) is 0 Å². The summed E-state index contributed by atoms with van der Waals surface area (Å²) in [6.45, 7) is 0.518. The molecule has 18 heavy (non-hydrogen) atoms. The Labute approximate surface area is 112 Å². The van der Waals surface area contributed by atoms with E-state index in [1.807, 2.05) is 12.1 Å². The standard InChI is InChI=1S/C13H11BrF2N2/c14-10-6-12(16)13(7-11(10)15)18-5-3-9-2-1-4-17-8-9/h1-2,4,6-8,18H,3,5H2. The van der Waals surface area contributed by atoms with Gasteiger partial charge in [-0.25, -0.2) is 8.78 Å². The number of aromatic nitrogens is 1. The Morgan fingerprint density at radius 3 is 2.78 bits per heavy atom. The molecule has 0 spiro atoms. The average molecular weight is 313 g/mol. The molecular formula is C13H11BrF2N2. The van der Waals surface area contributed by atoms with E-state index in [1.54, 1.807) is 12.4 Å². The average Bonchev–Trinajstić information content (AvgIpc) is 2.37. The molecule has 0 atom stereocenters. The highest BCUT2D eigenvalue weighted by molar-refractivity contribution is 9.10. The van der Waals surface area contributed by atoms with Gasteiger partial charge in [-0.15, -0.1) is 0 Å². The highest BCUT2D eigenvalue weighted by Crippen LogP contribution is 2.23. The highest BCUT2D eigenvalue weighted by Gasteiger charge is 2.07. The van der Waals surface area contributed by atoms with Gasteiger partial charge in [-0.1, -0.05) is 6.07 Å². The number of rotatable bonds is 4. The van der Waals surface area contributed by atoms with Crippen LogP contribution in [0.25, 0.3) is 0 Å². The number of nitrogens with zero attached hydrogens (tertiary/aromatic N) is 1. The van der Waals surface area contributed by atoms with E-state index in [-0.39, 0.29) is 10.2 Å². The minimum Gasteiger partial charge on any atom is -0.382 e. The molecule has 0 amide bonds. The molecule has 1 heterocycles. The number of hydrogen-bond donors (Lipinski definition) is 1. The van der Waals surface area contributed by atoms with E-state index in [4.69, 9.17) is 0 Å². The molecule has 1 aromatic carbocycles. The van der Waals surface area contributed by atoms with Crippen LogP contribution in [0.5, 0.6) is 0 Å². The maximum absolute atomic E-state index is 13.5. The third-order valence-electron chi connectivity index (χ3n) is 2.46. The van der Waals surface area contributed by atoms with E-state index in [0.717, 1.165) is 17.7 Å². The van der Waals surface area contributed by atoms with Gasteiger partial charge in [0.15, 0.2) is 0 Å². The van der Waals surface area contributed by atoms with Crippen molar-refractivity contribution in [1.82, 2.24) is 4.98 Å². The first-order chi connectivity index (χ1) is 8.66. The summed E-state index contributed by atoms with van der Waals surface area (Å²) in [6, 6.07) is 6.03. The van der Waals surface area contributed by atoms with E-state index >= 15 is 0 Å². The highest BCUT2D eigenvalue weighted by atomic mass is 79.9. The summed E-state index contributed by atoms with van der Waals surface area (Å²) in [6.07, 6.45) is 4.14. The Bertz CT molecular complexity index is 532. The molecule has 1 aromatic heterocycles. The molecule has 0 fully saturated rings. The van der Waals surface area contributed by atoms with Crippen molar-refractivity contribution in [3.63, 3.8) is 0 Å². The van der Waals surface area contributed by atoms with Gasteiger partial charge in [-0.2, -0.15) is 0 Å². The number of halogens is 3. The molecule has 1 N–H and O–H groups in total. The van der Waals surface area contributed by atoms with Crippen LogP contribution in [0.15, 0.2) is 41.1 Å². The van der Waals surface area contributed by atoms with Gasteiger partial charge in [0.25, 0.3) is 0 Å². The van der Waals surface area contributed by atoms with E-state index in [0.29, 0.717) is 13.0 Å². The van der Waals surface area contributed by atoms with Gasteiger partial charge >= 0.3 is 0 Å². The topological polar surface area (TPSA) is 24.9 Å². The Morgan fingerprint density at radius 2 is 2.06 bits per heavy atom. The molecule has 0 saturated carbocycles. The Balaban J connectivity index is 1.97. The number of nitrogens with one attached hydrogen (secondary N) is 1. The number of anilines is 1. The summed E-state index contributed by atoms with van der Waals surface area (Å²) in [5.74, 6) is -0.963. The zero-order valence-corrected chi connectivity index (χ0v) is 11.0. The second kappa shape index (κ2) is 5.91. The van der Waals surface area contributed by atoms with E-state index in [9.17, 15) is 8.78 Å². The maximum Gasteiger partial charge on any atom is 0.147 e. The zero-order chi connectivity index (χ0) is 13.0. The number of pyridine rings is 1. The molecular weight excluding hydrogens is 302 g/mol. The van der Waals surface area contributed by atoms with Crippen LogP contribution in [0.3, 0.4) is 0 Å². The van der Waals surface area contributed by atoms with Crippen LogP contribution in [0.1, 0.15) is 5.56 Å². The lowest BCUT2D eigenvalue weighted by Gasteiger charge is -2.08. The molecule has 0 unspecified atom stereocenters. The van der Waals surface area contributed by atoms with Gasteiger partial charge in [0.2, 0.25) is 0 Å². The third kappa shape index (κ3) is 3.26. The number of hydrogen-bond acceptors (Lipinski definition) is 2. The van der Waals surface area contributed by atoms with Crippen LogP contribution < -0.4 is 5.32 Å². The quantitative estimate of drug-likeness (QED) is 0.869. The summed E-state index contributed by atoms with van der Waals surface area (Å²) in [5, 5.41) is 2.87. The largest absolute Gasteiger partial charge is 0.382 e. The van der Waals surface area contributed by atoms with E-state index in [1.165, 1.54) is 0 Å². The normalized spacial score (nSPS) is 10.4. The first-order valence-corrected chi connectivity index (χ1v) is 6.23. The lowest BCUT2D eigenvalue weighted by atomic mass is 10.2. The predicted molar refractivity (Wildman–Crippen MR) is 70.5 cm³/mol. The molecule has 2 nitrogen and oxygen atoms in total. The van der Waals surface area contributed by atoms with Gasteiger partial charge in [0.05, 0.1) is 10.2 Å². The molecule has 0 aliphatic carbocycles. The van der Waals surface area contributed by atoms with Crippen molar-refractivity contribution in [1.29, 1.82) is 0 Å². The van der Waals surface area contributed by atoms with Gasteiger partial charge in [0.1, 0.15) is 11.6 Å². The monoisotopic (exact) mass is 312 g/mol. The molecule has 0 aliphatic heterocycles. The lowest BCUT2D eigenvalue weighted by Crippen LogP contribution is -2.07. The summed E-state index contributed by atoms with van der Waals surface area (Å²) in [5.41, 5.74) is 1.21.